The van der Waals surface area contributed by atoms with Gasteiger partial charge in [0, 0.05) is 26.2 Å². The molecule has 6 nitrogen and oxygen atoms in total. The maximum Gasteiger partial charge on any atom is 0.246 e. The number of methoxy groups -OCH3 is 1. The molecule has 0 bridgehead atoms. The largest absolute Gasteiger partial charge is 0.375 e. The normalized spacial score (nSPS) is 28.2. The van der Waals surface area contributed by atoms with Crippen LogP contribution in [0.15, 0.2) is 0 Å². The first-order chi connectivity index (χ1) is 9.93. The van der Waals surface area contributed by atoms with Crippen molar-refractivity contribution in [1.29, 1.82) is 0 Å². The summed E-state index contributed by atoms with van der Waals surface area (Å²) >= 11 is 0. The van der Waals surface area contributed by atoms with Crippen LogP contribution in [-0.4, -0.2) is 55.6 Å². The summed E-state index contributed by atoms with van der Waals surface area (Å²) < 4.78 is 4.81. The lowest BCUT2D eigenvalue weighted by molar-refractivity contribution is -0.138. The van der Waals surface area contributed by atoms with Gasteiger partial charge in [-0.25, -0.2) is 0 Å². The molecule has 0 spiro atoms. The van der Waals surface area contributed by atoms with E-state index in [9.17, 15) is 9.59 Å². The number of rotatable bonds is 5. The number of carbonyl (C=O) groups is 2. The first-order valence-corrected chi connectivity index (χ1v) is 7.76. The van der Waals surface area contributed by atoms with Crippen LogP contribution in [0.4, 0.5) is 0 Å². The SMILES string of the molecule is COCC(=O)N[C@H](C(=O)N1CC2CCC(N)C2C1)C(C)C.Cl. The zero-order valence-corrected chi connectivity index (χ0v) is 14.4. The Morgan fingerprint density at radius 3 is 2.55 bits per heavy atom. The number of likely N-dealkylation sites (tertiary alicyclic amines) is 1. The lowest BCUT2D eigenvalue weighted by atomic mass is 9.98. The predicted molar refractivity (Wildman–Crippen MR) is 86.7 cm³/mol. The molecule has 7 heteroatoms. The second kappa shape index (κ2) is 8.13. The minimum atomic E-state index is -0.484. The van der Waals surface area contributed by atoms with Crippen LogP contribution in [0.3, 0.4) is 0 Å². The van der Waals surface area contributed by atoms with E-state index in [1.165, 1.54) is 7.11 Å². The van der Waals surface area contributed by atoms with Gasteiger partial charge in [0.05, 0.1) is 0 Å². The fourth-order valence-electron chi connectivity index (χ4n) is 3.54. The molecule has 0 aromatic heterocycles. The van der Waals surface area contributed by atoms with Crippen molar-refractivity contribution in [3.8, 4) is 0 Å². The fraction of sp³-hybridized carbons (Fsp3) is 0.867. The Morgan fingerprint density at radius 2 is 2.00 bits per heavy atom. The summed E-state index contributed by atoms with van der Waals surface area (Å²) in [5.41, 5.74) is 6.11. The molecule has 0 aromatic rings. The molecule has 2 fully saturated rings. The highest BCUT2D eigenvalue weighted by Gasteiger charge is 2.44. The van der Waals surface area contributed by atoms with Crippen LogP contribution in [0, 0.1) is 17.8 Å². The van der Waals surface area contributed by atoms with Gasteiger partial charge in [0.1, 0.15) is 12.6 Å². The maximum absolute atomic E-state index is 12.7. The second-order valence-corrected chi connectivity index (χ2v) is 6.63. The molecule has 2 aliphatic rings. The summed E-state index contributed by atoms with van der Waals surface area (Å²) in [6.07, 6.45) is 2.17. The molecule has 1 heterocycles. The summed E-state index contributed by atoms with van der Waals surface area (Å²) in [4.78, 5) is 26.3. The van der Waals surface area contributed by atoms with Gasteiger partial charge in [0.2, 0.25) is 11.8 Å². The minimum absolute atomic E-state index is 0. The number of hydrogen-bond acceptors (Lipinski definition) is 4. The molecular weight excluding hydrogens is 306 g/mol. The quantitative estimate of drug-likeness (QED) is 0.762. The van der Waals surface area contributed by atoms with E-state index in [1.807, 2.05) is 18.7 Å². The van der Waals surface area contributed by atoms with Gasteiger partial charge in [-0.1, -0.05) is 13.8 Å². The molecule has 3 unspecified atom stereocenters. The average Bonchev–Trinajstić information content (AvgIpc) is 2.98. The van der Waals surface area contributed by atoms with Crippen LogP contribution in [0.25, 0.3) is 0 Å². The zero-order valence-electron chi connectivity index (χ0n) is 13.6. The van der Waals surface area contributed by atoms with E-state index in [0.717, 1.165) is 25.9 Å². The molecule has 1 aliphatic carbocycles. The van der Waals surface area contributed by atoms with E-state index in [0.29, 0.717) is 11.8 Å². The number of nitrogens with zero attached hydrogens (tertiary/aromatic N) is 1. The van der Waals surface area contributed by atoms with Crippen LogP contribution in [0.2, 0.25) is 0 Å². The third-order valence-electron chi connectivity index (χ3n) is 4.75. The molecule has 1 saturated heterocycles. The predicted octanol–water partition coefficient (Wildman–Crippen LogP) is 0.391. The van der Waals surface area contributed by atoms with E-state index in [-0.39, 0.29) is 42.8 Å². The lowest BCUT2D eigenvalue weighted by Crippen LogP contribution is -2.51. The van der Waals surface area contributed by atoms with Crippen molar-refractivity contribution in [3.63, 3.8) is 0 Å². The number of halogens is 1. The first kappa shape index (κ1) is 19.2. The molecule has 128 valence electrons. The third kappa shape index (κ3) is 4.12. The Morgan fingerprint density at radius 1 is 1.32 bits per heavy atom. The van der Waals surface area contributed by atoms with E-state index in [4.69, 9.17) is 10.5 Å². The Kier molecular flexibility index (Phi) is 7.09. The van der Waals surface area contributed by atoms with Gasteiger partial charge in [-0.15, -0.1) is 12.4 Å². The molecule has 2 amide bonds. The molecule has 22 heavy (non-hydrogen) atoms. The number of hydrogen-bond donors (Lipinski definition) is 2. The average molecular weight is 334 g/mol. The Hall–Kier alpha value is -0.850. The summed E-state index contributed by atoms with van der Waals surface area (Å²) in [7, 11) is 1.47. The molecule has 0 radical (unpaired) electrons. The van der Waals surface area contributed by atoms with Gasteiger partial charge < -0.3 is 20.7 Å². The summed E-state index contributed by atoms with van der Waals surface area (Å²) in [6, 6.07) is -0.268. The smallest absolute Gasteiger partial charge is 0.246 e. The molecule has 1 aliphatic heterocycles. The van der Waals surface area contributed by atoms with Crippen LogP contribution in [0.5, 0.6) is 0 Å². The number of nitrogens with two attached hydrogens (primary N) is 1. The van der Waals surface area contributed by atoms with Gasteiger partial charge >= 0.3 is 0 Å². The summed E-state index contributed by atoms with van der Waals surface area (Å²) in [6.45, 7) is 5.37. The van der Waals surface area contributed by atoms with Crippen molar-refractivity contribution < 1.29 is 14.3 Å². The van der Waals surface area contributed by atoms with Crippen molar-refractivity contribution in [2.45, 2.75) is 38.8 Å². The van der Waals surface area contributed by atoms with E-state index in [1.54, 1.807) is 0 Å². The molecule has 0 aromatic carbocycles. The van der Waals surface area contributed by atoms with Gasteiger partial charge in [-0.05, 0) is 30.6 Å². The first-order valence-electron chi connectivity index (χ1n) is 7.76. The van der Waals surface area contributed by atoms with Crippen LogP contribution < -0.4 is 11.1 Å². The van der Waals surface area contributed by atoms with E-state index < -0.39 is 6.04 Å². The van der Waals surface area contributed by atoms with Crippen LogP contribution in [-0.2, 0) is 14.3 Å². The van der Waals surface area contributed by atoms with Gasteiger partial charge in [-0.3, -0.25) is 9.59 Å². The number of amides is 2. The van der Waals surface area contributed by atoms with Gasteiger partial charge in [0.15, 0.2) is 0 Å². The van der Waals surface area contributed by atoms with Crippen LogP contribution in [0.1, 0.15) is 26.7 Å². The topological polar surface area (TPSA) is 84.7 Å². The van der Waals surface area contributed by atoms with Crippen molar-refractivity contribution in [2.24, 2.45) is 23.5 Å². The van der Waals surface area contributed by atoms with Crippen molar-refractivity contribution in [1.82, 2.24) is 10.2 Å². The highest BCUT2D eigenvalue weighted by atomic mass is 35.5. The van der Waals surface area contributed by atoms with Crippen molar-refractivity contribution in [2.75, 3.05) is 26.8 Å². The van der Waals surface area contributed by atoms with Gasteiger partial charge in [0.25, 0.3) is 0 Å². The van der Waals surface area contributed by atoms with E-state index in [2.05, 4.69) is 5.32 Å². The Bertz CT molecular complexity index is 405. The summed E-state index contributed by atoms with van der Waals surface area (Å²) in [5.74, 6) is 0.770. The second-order valence-electron chi connectivity index (χ2n) is 6.63. The molecule has 4 atom stereocenters. The molecular formula is C15H28ClN3O3. The minimum Gasteiger partial charge on any atom is -0.375 e. The third-order valence-corrected chi connectivity index (χ3v) is 4.75. The monoisotopic (exact) mass is 333 g/mol. The highest BCUT2D eigenvalue weighted by molar-refractivity contribution is 5.88. The number of nitrogens with one attached hydrogen (secondary N) is 1. The molecule has 1 saturated carbocycles. The maximum atomic E-state index is 12.7. The van der Waals surface area contributed by atoms with E-state index >= 15 is 0 Å². The van der Waals surface area contributed by atoms with Gasteiger partial charge in [-0.2, -0.15) is 0 Å². The standard InChI is InChI=1S/C15H27N3O3.ClH/c1-9(2)14(17-13(19)8-21-3)15(20)18-6-10-4-5-12(16)11(10)7-18;/h9-12,14H,4-8,16H2,1-3H3,(H,17,19);1H/t10?,11?,12?,14-;/m0./s1. The number of fused-ring (bicyclic) bond motifs is 1. The van der Waals surface area contributed by atoms with Crippen molar-refractivity contribution in [3.05, 3.63) is 0 Å². The highest BCUT2D eigenvalue weighted by Crippen LogP contribution is 2.37. The Labute approximate surface area is 138 Å². The van der Waals surface area contributed by atoms with Crippen molar-refractivity contribution >= 4 is 24.2 Å². The molecule has 3 N–H and O–H groups in total. The zero-order chi connectivity index (χ0) is 15.6. The fourth-order valence-corrected chi connectivity index (χ4v) is 3.54. The number of carbonyl (C=O) groups excluding carboxylic acids is 2. The lowest BCUT2D eigenvalue weighted by Gasteiger charge is -2.27. The molecule has 2 rings (SSSR count). The number of ether oxygens (including phenoxy) is 1. The summed E-state index contributed by atoms with van der Waals surface area (Å²) in [5, 5.41) is 2.78. The Balaban J connectivity index is 0.00000242. The van der Waals surface area contributed by atoms with Crippen LogP contribution >= 0.6 is 12.4 Å².